The highest BCUT2D eigenvalue weighted by molar-refractivity contribution is 5.99. The molecule has 2 heterocycles. The Hall–Kier alpha value is -2.11. The number of carbonyl (C=O) groups is 2. The quantitative estimate of drug-likeness (QED) is 0.727. The SMILES string of the molecule is COC(=O)C1CC(=O)N(c2c[nH]ccc2=O)C1. The van der Waals surface area contributed by atoms with E-state index >= 15 is 0 Å². The minimum atomic E-state index is -0.493. The Labute approximate surface area is 97.2 Å². The number of H-pyrrole nitrogens is 1. The van der Waals surface area contributed by atoms with E-state index in [2.05, 4.69) is 9.72 Å². The van der Waals surface area contributed by atoms with Gasteiger partial charge in [-0.25, -0.2) is 0 Å². The lowest BCUT2D eigenvalue weighted by molar-refractivity contribution is -0.145. The molecule has 0 aliphatic carbocycles. The highest BCUT2D eigenvalue weighted by Crippen LogP contribution is 2.22. The molecule has 6 heteroatoms. The molecule has 17 heavy (non-hydrogen) atoms. The van der Waals surface area contributed by atoms with Crippen LogP contribution in [-0.2, 0) is 14.3 Å². The Morgan fingerprint density at radius 3 is 2.94 bits per heavy atom. The zero-order chi connectivity index (χ0) is 12.4. The molecule has 0 saturated carbocycles. The van der Waals surface area contributed by atoms with Gasteiger partial charge in [0.1, 0.15) is 5.69 Å². The lowest BCUT2D eigenvalue weighted by Crippen LogP contribution is -2.30. The number of rotatable bonds is 2. The van der Waals surface area contributed by atoms with Crippen LogP contribution in [0, 0.1) is 5.92 Å². The summed E-state index contributed by atoms with van der Waals surface area (Å²) in [5.41, 5.74) is 0.0199. The van der Waals surface area contributed by atoms with Gasteiger partial charge in [-0.15, -0.1) is 0 Å². The molecule has 6 nitrogen and oxygen atoms in total. The van der Waals surface area contributed by atoms with E-state index in [1.807, 2.05) is 0 Å². The van der Waals surface area contributed by atoms with Gasteiger partial charge in [-0.2, -0.15) is 0 Å². The lowest BCUT2D eigenvalue weighted by atomic mass is 10.1. The summed E-state index contributed by atoms with van der Waals surface area (Å²) in [6.45, 7) is 0.193. The van der Waals surface area contributed by atoms with Gasteiger partial charge in [0.2, 0.25) is 11.3 Å². The van der Waals surface area contributed by atoms with Crippen molar-refractivity contribution >= 4 is 17.6 Å². The van der Waals surface area contributed by atoms with Crippen molar-refractivity contribution in [3.8, 4) is 0 Å². The average Bonchev–Trinajstić information content (AvgIpc) is 2.71. The number of amides is 1. The number of hydrogen-bond acceptors (Lipinski definition) is 4. The molecule has 1 atom stereocenters. The number of aromatic amines is 1. The van der Waals surface area contributed by atoms with E-state index in [9.17, 15) is 14.4 Å². The van der Waals surface area contributed by atoms with E-state index in [4.69, 9.17) is 0 Å². The van der Waals surface area contributed by atoms with Gasteiger partial charge >= 0.3 is 5.97 Å². The van der Waals surface area contributed by atoms with Crippen LogP contribution in [0.2, 0.25) is 0 Å². The summed E-state index contributed by atoms with van der Waals surface area (Å²) in [7, 11) is 1.28. The van der Waals surface area contributed by atoms with Crippen LogP contribution < -0.4 is 10.3 Å². The van der Waals surface area contributed by atoms with Crippen LogP contribution in [0.3, 0.4) is 0 Å². The zero-order valence-electron chi connectivity index (χ0n) is 9.30. The van der Waals surface area contributed by atoms with Crippen LogP contribution in [0.5, 0.6) is 0 Å². The second-order valence-electron chi connectivity index (χ2n) is 3.82. The predicted octanol–water partition coefficient (Wildman–Crippen LogP) is -0.0992. The highest BCUT2D eigenvalue weighted by atomic mass is 16.5. The fraction of sp³-hybridized carbons (Fsp3) is 0.364. The summed E-state index contributed by atoms with van der Waals surface area (Å²) < 4.78 is 4.59. The molecule has 1 N–H and O–H groups in total. The maximum absolute atomic E-state index is 11.7. The van der Waals surface area contributed by atoms with Crippen LogP contribution in [0.4, 0.5) is 5.69 Å². The molecule has 0 aromatic carbocycles. The van der Waals surface area contributed by atoms with Crippen molar-refractivity contribution in [3.05, 3.63) is 28.7 Å². The maximum Gasteiger partial charge on any atom is 0.311 e. The normalized spacial score (nSPS) is 19.5. The van der Waals surface area contributed by atoms with Crippen molar-refractivity contribution in [1.29, 1.82) is 0 Å². The Morgan fingerprint density at radius 1 is 1.53 bits per heavy atom. The maximum atomic E-state index is 11.7. The number of esters is 1. The molecule has 0 spiro atoms. The first-order chi connectivity index (χ1) is 8.13. The molecule has 1 aliphatic heterocycles. The molecule has 0 radical (unpaired) electrons. The van der Waals surface area contributed by atoms with E-state index in [1.54, 1.807) is 0 Å². The molecule has 0 bridgehead atoms. The molecule has 1 aromatic heterocycles. The van der Waals surface area contributed by atoms with E-state index < -0.39 is 11.9 Å². The number of nitrogens with one attached hydrogen (secondary N) is 1. The molecule has 2 rings (SSSR count). The lowest BCUT2D eigenvalue weighted by Gasteiger charge is -2.14. The summed E-state index contributed by atoms with van der Waals surface area (Å²) in [6.07, 6.45) is 3.03. The Kier molecular flexibility index (Phi) is 2.95. The van der Waals surface area contributed by atoms with Gasteiger partial charge < -0.3 is 14.6 Å². The van der Waals surface area contributed by atoms with Crippen molar-refractivity contribution in [3.63, 3.8) is 0 Å². The first-order valence-corrected chi connectivity index (χ1v) is 5.18. The third-order valence-corrected chi connectivity index (χ3v) is 2.75. The molecule has 90 valence electrons. The van der Waals surface area contributed by atoms with E-state index in [1.165, 1.54) is 30.5 Å². The van der Waals surface area contributed by atoms with Crippen molar-refractivity contribution < 1.29 is 14.3 Å². The van der Waals surface area contributed by atoms with Crippen LogP contribution in [0.25, 0.3) is 0 Å². The Morgan fingerprint density at radius 2 is 2.29 bits per heavy atom. The number of carbonyl (C=O) groups excluding carboxylic acids is 2. The van der Waals surface area contributed by atoms with Crippen molar-refractivity contribution in [1.82, 2.24) is 4.98 Å². The van der Waals surface area contributed by atoms with Gasteiger partial charge in [0.25, 0.3) is 0 Å². The van der Waals surface area contributed by atoms with Gasteiger partial charge in [0.15, 0.2) is 0 Å². The highest BCUT2D eigenvalue weighted by Gasteiger charge is 2.36. The number of hydrogen-bond donors (Lipinski definition) is 1. The summed E-state index contributed by atoms with van der Waals surface area (Å²) in [6, 6.07) is 1.34. The summed E-state index contributed by atoms with van der Waals surface area (Å²) in [5, 5.41) is 0. The van der Waals surface area contributed by atoms with Crippen molar-refractivity contribution in [2.75, 3.05) is 18.6 Å². The number of methoxy groups -OCH3 is 1. The van der Waals surface area contributed by atoms with Crippen LogP contribution in [0.1, 0.15) is 6.42 Å². The number of anilines is 1. The van der Waals surface area contributed by atoms with Gasteiger partial charge in [-0.05, 0) is 0 Å². The first-order valence-electron chi connectivity index (χ1n) is 5.18. The molecule has 1 saturated heterocycles. The summed E-state index contributed by atoms with van der Waals surface area (Å²) >= 11 is 0. The minimum absolute atomic E-state index is 0.0843. The Balaban J connectivity index is 2.25. The Bertz CT molecular complexity index is 508. The zero-order valence-corrected chi connectivity index (χ0v) is 9.30. The molecule has 1 unspecified atom stereocenters. The van der Waals surface area contributed by atoms with Crippen molar-refractivity contribution in [2.45, 2.75) is 6.42 Å². The van der Waals surface area contributed by atoms with E-state index in [0.717, 1.165) is 0 Å². The van der Waals surface area contributed by atoms with Gasteiger partial charge in [-0.3, -0.25) is 14.4 Å². The second-order valence-corrected chi connectivity index (χ2v) is 3.82. The topological polar surface area (TPSA) is 79.5 Å². The van der Waals surface area contributed by atoms with Crippen LogP contribution in [-0.4, -0.2) is 30.5 Å². The molecule has 1 amide bonds. The molecular formula is C11H12N2O4. The van der Waals surface area contributed by atoms with Crippen LogP contribution >= 0.6 is 0 Å². The smallest absolute Gasteiger partial charge is 0.311 e. The standard InChI is InChI=1S/C11H12N2O4/c1-17-11(16)7-4-10(15)13(6-7)8-5-12-3-2-9(8)14/h2-3,5,7H,4,6H2,1H3,(H,12,14). The molecule has 1 aromatic rings. The minimum Gasteiger partial charge on any atom is -0.469 e. The average molecular weight is 236 g/mol. The van der Waals surface area contributed by atoms with Crippen molar-refractivity contribution in [2.24, 2.45) is 5.92 Å². The second kappa shape index (κ2) is 4.40. The van der Waals surface area contributed by atoms with E-state index in [0.29, 0.717) is 0 Å². The monoisotopic (exact) mass is 236 g/mol. The summed E-state index contributed by atoms with van der Waals surface area (Å²) in [4.78, 5) is 38.7. The van der Waals surface area contributed by atoms with E-state index in [-0.39, 0.29) is 30.0 Å². The van der Waals surface area contributed by atoms with Gasteiger partial charge in [0, 0.05) is 31.4 Å². The largest absolute Gasteiger partial charge is 0.469 e. The van der Waals surface area contributed by atoms with Crippen LogP contribution in [0.15, 0.2) is 23.3 Å². The number of ether oxygens (including phenoxy) is 1. The molecular weight excluding hydrogens is 224 g/mol. The predicted molar refractivity (Wildman–Crippen MR) is 59.5 cm³/mol. The van der Waals surface area contributed by atoms with Gasteiger partial charge in [0.05, 0.1) is 13.0 Å². The third kappa shape index (κ3) is 2.06. The summed E-state index contributed by atoms with van der Waals surface area (Å²) in [5.74, 6) is -1.16. The fourth-order valence-electron chi connectivity index (χ4n) is 1.88. The number of nitrogens with zero attached hydrogens (tertiary/aromatic N) is 1. The fourth-order valence-corrected chi connectivity index (χ4v) is 1.88. The number of pyridine rings is 1. The number of aromatic nitrogens is 1. The molecule has 1 fully saturated rings. The molecule has 1 aliphatic rings. The third-order valence-electron chi connectivity index (χ3n) is 2.75. The first kappa shape index (κ1) is 11.4. The van der Waals surface area contributed by atoms with Gasteiger partial charge in [-0.1, -0.05) is 0 Å².